The highest BCUT2D eigenvalue weighted by Crippen LogP contribution is 2.24. The van der Waals surface area contributed by atoms with E-state index in [1.807, 2.05) is 24.3 Å². The third kappa shape index (κ3) is 2.69. The molecule has 5 heteroatoms. The molecular weight excluding hydrogens is 286 g/mol. The maximum atomic E-state index is 12.2. The van der Waals surface area contributed by atoms with Gasteiger partial charge in [0.15, 0.2) is 0 Å². The van der Waals surface area contributed by atoms with Crippen molar-refractivity contribution >= 4 is 28.9 Å². The Morgan fingerprint density at radius 3 is 2.90 bits per heavy atom. The zero-order chi connectivity index (χ0) is 14.8. The van der Waals surface area contributed by atoms with Gasteiger partial charge in [-0.3, -0.25) is 4.79 Å². The Morgan fingerprint density at radius 1 is 1.29 bits per heavy atom. The second kappa shape index (κ2) is 5.47. The van der Waals surface area contributed by atoms with Crippen LogP contribution in [0, 0.1) is 11.3 Å². The Bertz CT molecular complexity index is 765. The van der Waals surface area contributed by atoms with Crippen LogP contribution in [0.1, 0.15) is 21.5 Å². The van der Waals surface area contributed by atoms with Crippen LogP contribution in [-0.4, -0.2) is 12.5 Å². The van der Waals surface area contributed by atoms with Crippen molar-refractivity contribution in [2.45, 2.75) is 6.42 Å². The summed E-state index contributed by atoms with van der Waals surface area (Å²) in [4.78, 5) is 12.2. The average Bonchev–Trinajstić information content (AvgIpc) is 2.94. The molecule has 1 aliphatic heterocycles. The lowest BCUT2D eigenvalue weighted by molar-refractivity contribution is 0.102. The highest BCUT2D eigenvalue weighted by atomic mass is 35.5. The van der Waals surface area contributed by atoms with Crippen LogP contribution in [0.15, 0.2) is 36.4 Å². The second-order valence-electron chi connectivity index (χ2n) is 4.81. The first-order valence-corrected chi connectivity index (χ1v) is 6.93. The molecule has 0 saturated heterocycles. The summed E-state index contributed by atoms with van der Waals surface area (Å²) in [6.45, 7) is 0.908. The van der Waals surface area contributed by atoms with Gasteiger partial charge in [0, 0.05) is 23.5 Å². The van der Waals surface area contributed by atoms with E-state index in [1.165, 1.54) is 5.56 Å². The summed E-state index contributed by atoms with van der Waals surface area (Å²) < 4.78 is 0. The Hall–Kier alpha value is -2.51. The molecule has 21 heavy (non-hydrogen) atoms. The molecule has 0 radical (unpaired) electrons. The number of halogens is 1. The van der Waals surface area contributed by atoms with Crippen LogP contribution in [0.2, 0.25) is 5.02 Å². The number of nitrogens with zero attached hydrogens (tertiary/aromatic N) is 1. The third-order valence-corrected chi connectivity index (χ3v) is 3.74. The van der Waals surface area contributed by atoms with Crippen molar-refractivity contribution in [1.82, 2.24) is 0 Å². The standard InChI is InChI=1S/C16H12ClN3O/c17-14-8-13(4-3-12(14)9-18)20-16(21)11-2-1-10-5-6-19-15(10)7-11/h1-4,7-8,19H,5-6H2,(H,20,21). The Kier molecular flexibility index (Phi) is 3.51. The summed E-state index contributed by atoms with van der Waals surface area (Å²) in [6, 6.07) is 12.4. The molecule has 0 saturated carbocycles. The molecule has 0 spiro atoms. The highest BCUT2D eigenvalue weighted by molar-refractivity contribution is 6.32. The molecule has 0 aliphatic carbocycles. The summed E-state index contributed by atoms with van der Waals surface area (Å²) in [7, 11) is 0. The Labute approximate surface area is 127 Å². The largest absolute Gasteiger partial charge is 0.384 e. The van der Waals surface area contributed by atoms with Crippen molar-refractivity contribution in [1.29, 1.82) is 5.26 Å². The first-order chi connectivity index (χ1) is 10.2. The molecule has 1 aliphatic rings. The van der Waals surface area contributed by atoms with E-state index in [0.717, 1.165) is 18.7 Å². The predicted molar refractivity (Wildman–Crippen MR) is 82.8 cm³/mol. The van der Waals surface area contributed by atoms with Crippen LogP contribution < -0.4 is 10.6 Å². The topological polar surface area (TPSA) is 64.9 Å². The van der Waals surface area contributed by atoms with Crippen molar-refractivity contribution in [3.63, 3.8) is 0 Å². The highest BCUT2D eigenvalue weighted by Gasteiger charge is 2.14. The van der Waals surface area contributed by atoms with Gasteiger partial charge in [-0.2, -0.15) is 5.26 Å². The minimum Gasteiger partial charge on any atom is -0.384 e. The fraction of sp³-hybridized carbons (Fsp3) is 0.125. The summed E-state index contributed by atoms with van der Waals surface area (Å²) >= 11 is 5.95. The minimum absolute atomic E-state index is 0.202. The number of rotatable bonds is 2. The van der Waals surface area contributed by atoms with E-state index in [1.54, 1.807) is 18.2 Å². The smallest absolute Gasteiger partial charge is 0.255 e. The van der Waals surface area contributed by atoms with E-state index in [0.29, 0.717) is 21.8 Å². The zero-order valence-corrected chi connectivity index (χ0v) is 11.9. The fourth-order valence-corrected chi connectivity index (χ4v) is 2.54. The molecule has 1 heterocycles. The second-order valence-corrected chi connectivity index (χ2v) is 5.22. The molecule has 3 rings (SSSR count). The van der Waals surface area contributed by atoms with Crippen LogP contribution >= 0.6 is 11.6 Å². The molecule has 104 valence electrons. The first-order valence-electron chi connectivity index (χ1n) is 6.55. The quantitative estimate of drug-likeness (QED) is 0.892. The molecule has 0 unspecified atom stereocenters. The average molecular weight is 298 g/mol. The van der Waals surface area contributed by atoms with Crippen molar-refractivity contribution < 1.29 is 4.79 Å². The Balaban J connectivity index is 1.80. The van der Waals surface area contributed by atoms with E-state index in [4.69, 9.17) is 16.9 Å². The molecule has 0 atom stereocenters. The van der Waals surface area contributed by atoms with E-state index < -0.39 is 0 Å². The number of amides is 1. The van der Waals surface area contributed by atoms with Gasteiger partial charge in [-0.15, -0.1) is 0 Å². The van der Waals surface area contributed by atoms with Crippen LogP contribution in [0.3, 0.4) is 0 Å². The van der Waals surface area contributed by atoms with Crippen LogP contribution in [0.5, 0.6) is 0 Å². The van der Waals surface area contributed by atoms with E-state index in [-0.39, 0.29) is 5.91 Å². The number of nitrogens with one attached hydrogen (secondary N) is 2. The maximum absolute atomic E-state index is 12.2. The number of carbonyl (C=O) groups is 1. The van der Waals surface area contributed by atoms with Gasteiger partial charge in [-0.25, -0.2) is 0 Å². The minimum atomic E-state index is -0.202. The number of hydrogen-bond acceptors (Lipinski definition) is 3. The number of carbonyl (C=O) groups excluding carboxylic acids is 1. The first kappa shape index (κ1) is 13.5. The molecule has 2 aromatic carbocycles. The molecule has 0 aromatic heterocycles. The number of nitriles is 1. The van der Waals surface area contributed by atoms with Gasteiger partial charge in [0.2, 0.25) is 0 Å². The summed E-state index contributed by atoms with van der Waals surface area (Å²) in [5, 5.41) is 15.2. The lowest BCUT2D eigenvalue weighted by Gasteiger charge is -2.08. The lowest BCUT2D eigenvalue weighted by atomic mass is 10.1. The van der Waals surface area contributed by atoms with Crippen LogP contribution in [0.4, 0.5) is 11.4 Å². The van der Waals surface area contributed by atoms with Gasteiger partial charge >= 0.3 is 0 Å². The molecule has 4 nitrogen and oxygen atoms in total. The van der Waals surface area contributed by atoms with Crippen molar-refractivity contribution in [3.05, 3.63) is 58.1 Å². The van der Waals surface area contributed by atoms with E-state index in [2.05, 4.69) is 10.6 Å². The Morgan fingerprint density at radius 2 is 2.14 bits per heavy atom. The van der Waals surface area contributed by atoms with Crippen molar-refractivity contribution in [3.8, 4) is 6.07 Å². The molecule has 1 amide bonds. The molecular formula is C16H12ClN3O. The maximum Gasteiger partial charge on any atom is 0.255 e. The van der Waals surface area contributed by atoms with Gasteiger partial charge in [-0.05, 0) is 42.3 Å². The van der Waals surface area contributed by atoms with Crippen LogP contribution in [-0.2, 0) is 6.42 Å². The summed E-state index contributed by atoms with van der Waals surface area (Å²) in [6.07, 6.45) is 0.989. The lowest BCUT2D eigenvalue weighted by Crippen LogP contribution is -2.12. The number of benzene rings is 2. The number of fused-ring (bicyclic) bond motifs is 1. The monoisotopic (exact) mass is 297 g/mol. The van der Waals surface area contributed by atoms with Crippen LogP contribution in [0.25, 0.3) is 0 Å². The number of anilines is 2. The van der Waals surface area contributed by atoms with Gasteiger partial charge in [0.25, 0.3) is 5.91 Å². The third-order valence-electron chi connectivity index (χ3n) is 3.43. The molecule has 0 bridgehead atoms. The summed E-state index contributed by atoms with van der Waals surface area (Å²) in [5.74, 6) is -0.202. The van der Waals surface area contributed by atoms with Gasteiger partial charge in [-0.1, -0.05) is 17.7 Å². The molecule has 2 N–H and O–H groups in total. The SMILES string of the molecule is N#Cc1ccc(NC(=O)c2ccc3c(c2)NCC3)cc1Cl. The van der Waals surface area contributed by atoms with Crippen molar-refractivity contribution in [2.75, 3.05) is 17.2 Å². The van der Waals surface area contributed by atoms with Gasteiger partial charge in [0.05, 0.1) is 10.6 Å². The van der Waals surface area contributed by atoms with E-state index in [9.17, 15) is 4.79 Å². The zero-order valence-electron chi connectivity index (χ0n) is 11.1. The molecule has 0 fully saturated rings. The summed E-state index contributed by atoms with van der Waals surface area (Å²) in [5.41, 5.74) is 3.78. The van der Waals surface area contributed by atoms with E-state index >= 15 is 0 Å². The van der Waals surface area contributed by atoms with Crippen molar-refractivity contribution in [2.24, 2.45) is 0 Å². The normalized spacial score (nSPS) is 12.2. The molecule has 2 aromatic rings. The van der Waals surface area contributed by atoms with Gasteiger partial charge < -0.3 is 10.6 Å². The van der Waals surface area contributed by atoms with Gasteiger partial charge in [0.1, 0.15) is 6.07 Å². The fourth-order valence-electron chi connectivity index (χ4n) is 2.32. The number of hydrogen-bond donors (Lipinski definition) is 2. The predicted octanol–water partition coefficient (Wildman–Crippen LogP) is 3.43.